The Hall–Kier alpha value is -0.520. The van der Waals surface area contributed by atoms with Crippen LogP contribution in [-0.4, -0.2) is 62.2 Å². The fourth-order valence-electron chi connectivity index (χ4n) is 3.34. The molecule has 1 N–H and O–H groups in total. The van der Waals surface area contributed by atoms with Crippen molar-refractivity contribution in [2.45, 2.75) is 19.0 Å². The summed E-state index contributed by atoms with van der Waals surface area (Å²) in [4.78, 5) is 5.10. The summed E-state index contributed by atoms with van der Waals surface area (Å²) >= 11 is 6.33. The molecule has 6 heteroatoms. The molecule has 0 aromatic heterocycles. The van der Waals surface area contributed by atoms with Crippen LogP contribution in [0.1, 0.15) is 12.0 Å². The predicted octanol–water partition coefficient (Wildman–Crippen LogP) is 2.25. The number of nitrogens with one attached hydrogen (secondary N) is 1. The first-order valence-corrected chi connectivity index (χ1v) is 8.14. The van der Waals surface area contributed by atoms with Gasteiger partial charge < -0.3 is 10.1 Å². The van der Waals surface area contributed by atoms with Crippen LogP contribution in [0.4, 0.5) is 0 Å². The van der Waals surface area contributed by atoms with Crippen LogP contribution in [0.5, 0.6) is 5.75 Å². The molecule has 0 aliphatic carbocycles. The summed E-state index contributed by atoms with van der Waals surface area (Å²) in [6.45, 7) is 7.70. The van der Waals surface area contributed by atoms with Crippen molar-refractivity contribution in [3.05, 3.63) is 28.8 Å². The lowest BCUT2D eigenvalue weighted by atomic mass is 10.1. The van der Waals surface area contributed by atoms with Crippen molar-refractivity contribution in [2.75, 3.05) is 46.4 Å². The highest BCUT2D eigenvalue weighted by molar-refractivity contribution is 6.31. The molecule has 2 aliphatic heterocycles. The summed E-state index contributed by atoms with van der Waals surface area (Å²) < 4.78 is 5.44. The molecule has 2 fully saturated rings. The van der Waals surface area contributed by atoms with Gasteiger partial charge in [0.25, 0.3) is 0 Å². The quantitative estimate of drug-likeness (QED) is 0.905. The van der Waals surface area contributed by atoms with Gasteiger partial charge in [-0.05, 0) is 25.1 Å². The monoisotopic (exact) mass is 345 g/mol. The van der Waals surface area contributed by atoms with Crippen molar-refractivity contribution in [3.8, 4) is 5.75 Å². The SMILES string of the molecule is COc1cccc(Cl)c1CN1CCN(C2CCNC2)CC1.Cl. The van der Waals surface area contributed by atoms with E-state index in [9.17, 15) is 0 Å². The van der Waals surface area contributed by atoms with Crippen LogP contribution in [0, 0.1) is 0 Å². The number of ether oxygens (including phenoxy) is 1. The van der Waals surface area contributed by atoms with Crippen LogP contribution in [0.25, 0.3) is 0 Å². The minimum absolute atomic E-state index is 0. The average molecular weight is 346 g/mol. The molecule has 4 nitrogen and oxygen atoms in total. The zero-order valence-electron chi connectivity index (χ0n) is 13.1. The average Bonchev–Trinajstić information content (AvgIpc) is 3.04. The summed E-state index contributed by atoms with van der Waals surface area (Å²) in [5, 5.41) is 4.26. The topological polar surface area (TPSA) is 27.7 Å². The number of hydrogen-bond donors (Lipinski definition) is 1. The van der Waals surface area contributed by atoms with E-state index in [1.54, 1.807) is 7.11 Å². The van der Waals surface area contributed by atoms with Crippen LogP contribution in [-0.2, 0) is 6.54 Å². The van der Waals surface area contributed by atoms with Crippen LogP contribution >= 0.6 is 24.0 Å². The van der Waals surface area contributed by atoms with Crippen molar-refractivity contribution in [3.63, 3.8) is 0 Å². The van der Waals surface area contributed by atoms with Gasteiger partial charge in [-0.2, -0.15) is 0 Å². The molecule has 0 radical (unpaired) electrons. The molecule has 0 amide bonds. The normalized spacial score (nSPS) is 23.3. The minimum Gasteiger partial charge on any atom is -0.496 e. The Morgan fingerprint density at radius 2 is 2.05 bits per heavy atom. The summed E-state index contributed by atoms with van der Waals surface area (Å²) in [7, 11) is 1.71. The number of benzene rings is 1. The lowest BCUT2D eigenvalue weighted by Gasteiger charge is -2.38. The molecule has 2 saturated heterocycles. The lowest BCUT2D eigenvalue weighted by molar-refractivity contribution is 0.0976. The number of nitrogens with zero attached hydrogens (tertiary/aromatic N) is 2. The van der Waals surface area contributed by atoms with Gasteiger partial charge >= 0.3 is 0 Å². The first-order chi connectivity index (χ1) is 10.3. The van der Waals surface area contributed by atoms with E-state index in [4.69, 9.17) is 16.3 Å². The first-order valence-electron chi connectivity index (χ1n) is 7.76. The summed E-state index contributed by atoms with van der Waals surface area (Å²) in [5.74, 6) is 0.893. The third kappa shape index (κ3) is 4.06. The van der Waals surface area contributed by atoms with Gasteiger partial charge in [-0.25, -0.2) is 0 Å². The van der Waals surface area contributed by atoms with Gasteiger partial charge in [0.1, 0.15) is 5.75 Å². The van der Waals surface area contributed by atoms with E-state index in [1.807, 2.05) is 18.2 Å². The molecule has 2 heterocycles. The second kappa shape index (κ2) is 8.37. The van der Waals surface area contributed by atoms with Crippen molar-refractivity contribution in [2.24, 2.45) is 0 Å². The van der Waals surface area contributed by atoms with Crippen molar-refractivity contribution in [1.29, 1.82) is 0 Å². The maximum atomic E-state index is 6.33. The number of rotatable bonds is 4. The molecule has 1 unspecified atom stereocenters. The van der Waals surface area contributed by atoms with Crippen LogP contribution in [0.3, 0.4) is 0 Å². The Kier molecular flexibility index (Phi) is 6.78. The molecule has 0 spiro atoms. The van der Waals surface area contributed by atoms with E-state index >= 15 is 0 Å². The van der Waals surface area contributed by atoms with Crippen LogP contribution in [0.2, 0.25) is 5.02 Å². The Balaban J connectivity index is 0.00000176. The van der Waals surface area contributed by atoms with Gasteiger partial charge in [-0.3, -0.25) is 9.80 Å². The van der Waals surface area contributed by atoms with Crippen LogP contribution < -0.4 is 10.1 Å². The predicted molar refractivity (Wildman–Crippen MR) is 93.4 cm³/mol. The van der Waals surface area contributed by atoms with E-state index in [2.05, 4.69) is 15.1 Å². The summed E-state index contributed by atoms with van der Waals surface area (Å²) in [5.41, 5.74) is 1.11. The second-order valence-corrected chi connectivity index (χ2v) is 6.29. The van der Waals surface area contributed by atoms with E-state index in [1.165, 1.54) is 13.0 Å². The highest BCUT2D eigenvalue weighted by Gasteiger charge is 2.26. The second-order valence-electron chi connectivity index (χ2n) is 5.88. The van der Waals surface area contributed by atoms with Crippen molar-refractivity contribution < 1.29 is 4.74 Å². The lowest BCUT2D eigenvalue weighted by Crippen LogP contribution is -2.50. The summed E-state index contributed by atoms with van der Waals surface area (Å²) in [6, 6.07) is 6.61. The van der Waals surface area contributed by atoms with Gasteiger partial charge in [0.2, 0.25) is 0 Å². The molecule has 1 aromatic carbocycles. The molecular weight excluding hydrogens is 321 g/mol. The minimum atomic E-state index is 0. The number of hydrogen-bond acceptors (Lipinski definition) is 4. The molecule has 124 valence electrons. The van der Waals surface area contributed by atoms with Gasteiger partial charge in [-0.1, -0.05) is 17.7 Å². The molecule has 22 heavy (non-hydrogen) atoms. The molecule has 1 atom stereocenters. The number of halogens is 2. The Bertz CT molecular complexity index is 472. The first kappa shape index (κ1) is 17.8. The maximum absolute atomic E-state index is 6.33. The molecule has 0 saturated carbocycles. The zero-order chi connectivity index (χ0) is 14.7. The van der Waals surface area contributed by atoms with E-state index < -0.39 is 0 Å². The molecule has 2 aliphatic rings. The Morgan fingerprint density at radius 1 is 1.27 bits per heavy atom. The highest BCUT2D eigenvalue weighted by atomic mass is 35.5. The van der Waals surface area contributed by atoms with E-state index in [0.717, 1.165) is 61.6 Å². The summed E-state index contributed by atoms with van der Waals surface area (Å²) in [6.07, 6.45) is 1.29. The third-order valence-corrected chi connectivity index (χ3v) is 4.99. The van der Waals surface area contributed by atoms with Gasteiger partial charge in [-0.15, -0.1) is 12.4 Å². The molecule has 0 bridgehead atoms. The molecule has 3 rings (SSSR count). The third-order valence-electron chi connectivity index (χ3n) is 4.64. The van der Waals surface area contributed by atoms with E-state index in [0.29, 0.717) is 0 Å². The highest BCUT2D eigenvalue weighted by Crippen LogP contribution is 2.28. The van der Waals surface area contributed by atoms with Crippen molar-refractivity contribution >= 4 is 24.0 Å². The van der Waals surface area contributed by atoms with E-state index in [-0.39, 0.29) is 12.4 Å². The fourth-order valence-corrected chi connectivity index (χ4v) is 3.57. The fraction of sp³-hybridized carbons (Fsp3) is 0.625. The Labute approximate surface area is 144 Å². The van der Waals surface area contributed by atoms with Gasteiger partial charge in [0.15, 0.2) is 0 Å². The zero-order valence-corrected chi connectivity index (χ0v) is 14.6. The molecule has 1 aromatic rings. The van der Waals surface area contributed by atoms with Gasteiger partial charge in [0, 0.05) is 55.9 Å². The smallest absolute Gasteiger partial charge is 0.124 e. The largest absolute Gasteiger partial charge is 0.496 e. The van der Waals surface area contributed by atoms with Crippen LogP contribution in [0.15, 0.2) is 18.2 Å². The van der Waals surface area contributed by atoms with Gasteiger partial charge in [0.05, 0.1) is 7.11 Å². The standard InChI is InChI=1S/C16H24ClN3O.ClH/c1-21-16-4-2-3-15(17)14(16)12-19-7-9-20(10-8-19)13-5-6-18-11-13;/h2-4,13,18H,5-12H2,1H3;1H. The maximum Gasteiger partial charge on any atom is 0.124 e. The Morgan fingerprint density at radius 3 is 2.68 bits per heavy atom. The number of piperazine rings is 1. The van der Waals surface area contributed by atoms with Crippen molar-refractivity contribution in [1.82, 2.24) is 15.1 Å². The number of methoxy groups -OCH3 is 1. The molecular formula is C16H25Cl2N3O.